The number of rotatable bonds is 7. The average molecular weight is 358 g/mol. The highest BCUT2D eigenvalue weighted by Crippen LogP contribution is 2.28. The molecule has 2 rings (SSSR count). The minimum absolute atomic E-state index is 0. The van der Waals surface area contributed by atoms with Crippen molar-refractivity contribution in [3.63, 3.8) is 0 Å². The molecule has 2 amide bonds. The fourth-order valence-electron chi connectivity index (χ4n) is 2.39. The maximum absolute atomic E-state index is 12.2. The first-order valence-electron chi connectivity index (χ1n) is 7.67. The highest BCUT2D eigenvalue weighted by molar-refractivity contribution is 5.94. The molecule has 0 spiro atoms. The van der Waals surface area contributed by atoms with E-state index in [0.717, 1.165) is 19.4 Å². The van der Waals surface area contributed by atoms with Gasteiger partial charge in [-0.2, -0.15) is 0 Å². The Morgan fingerprint density at radius 3 is 2.75 bits per heavy atom. The molecule has 1 fully saturated rings. The second-order valence-electron chi connectivity index (χ2n) is 5.33. The number of nitrogens with one attached hydrogen (secondary N) is 3. The molecule has 0 bridgehead atoms. The Balaban J connectivity index is 0.00000288. The van der Waals surface area contributed by atoms with Gasteiger partial charge < -0.3 is 25.4 Å². The van der Waals surface area contributed by atoms with E-state index in [4.69, 9.17) is 9.47 Å². The summed E-state index contributed by atoms with van der Waals surface area (Å²) in [6.45, 7) is 1.51. The monoisotopic (exact) mass is 357 g/mol. The highest BCUT2D eigenvalue weighted by Gasteiger charge is 2.16. The Labute approximate surface area is 147 Å². The maximum atomic E-state index is 12.2. The number of methoxy groups -OCH3 is 1. The third-order valence-electron chi connectivity index (χ3n) is 3.73. The molecular formula is C16H24ClN3O4. The van der Waals surface area contributed by atoms with E-state index in [1.54, 1.807) is 18.2 Å². The molecule has 1 aromatic rings. The zero-order valence-corrected chi connectivity index (χ0v) is 14.7. The van der Waals surface area contributed by atoms with Gasteiger partial charge in [0.05, 0.1) is 7.11 Å². The lowest BCUT2D eigenvalue weighted by Gasteiger charge is -2.13. The largest absolute Gasteiger partial charge is 0.493 e. The second-order valence-corrected chi connectivity index (χ2v) is 5.33. The molecule has 1 saturated heterocycles. The summed E-state index contributed by atoms with van der Waals surface area (Å²) in [7, 11) is 3.03. The van der Waals surface area contributed by atoms with Crippen LogP contribution in [0.5, 0.6) is 11.5 Å². The van der Waals surface area contributed by atoms with Crippen molar-refractivity contribution in [1.29, 1.82) is 0 Å². The summed E-state index contributed by atoms with van der Waals surface area (Å²) in [5, 5.41) is 8.71. The van der Waals surface area contributed by atoms with E-state index in [1.165, 1.54) is 14.2 Å². The SMILES string of the molecule is CNC(=O)COc1ccc(C(=O)NCC2CCCN2)cc1OC.Cl. The van der Waals surface area contributed by atoms with E-state index in [2.05, 4.69) is 16.0 Å². The van der Waals surface area contributed by atoms with Crippen LogP contribution in [-0.4, -0.2) is 51.7 Å². The zero-order chi connectivity index (χ0) is 16.7. The molecule has 0 saturated carbocycles. The van der Waals surface area contributed by atoms with E-state index in [-0.39, 0.29) is 30.8 Å². The second kappa shape index (κ2) is 10.00. The summed E-state index contributed by atoms with van der Waals surface area (Å²) in [5.74, 6) is 0.443. The van der Waals surface area contributed by atoms with Gasteiger partial charge in [0, 0.05) is 25.2 Å². The van der Waals surface area contributed by atoms with Gasteiger partial charge >= 0.3 is 0 Å². The molecule has 7 nitrogen and oxygen atoms in total. The van der Waals surface area contributed by atoms with Crippen molar-refractivity contribution < 1.29 is 19.1 Å². The first-order valence-corrected chi connectivity index (χ1v) is 7.67. The molecule has 24 heavy (non-hydrogen) atoms. The molecule has 1 atom stereocenters. The van der Waals surface area contributed by atoms with Crippen molar-refractivity contribution in [2.75, 3.05) is 33.9 Å². The Morgan fingerprint density at radius 1 is 1.33 bits per heavy atom. The van der Waals surface area contributed by atoms with Crippen LogP contribution in [0, 0.1) is 0 Å². The third-order valence-corrected chi connectivity index (χ3v) is 3.73. The van der Waals surface area contributed by atoms with E-state index >= 15 is 0 Å². The normalized spacial score (nSPS) is 16.0. The van der Waals surface area contributed by atoms with Crippen molar-refractivity contribution in [3.05, 3.63) is 23.8 Å². The van der Waals surface area contributed by atoms with Gasteiger partial charge in [0.1, 0.15) is 0 Å². The number of hydrogen-bond acceptors (Lipinski definition) is 5. The van der Waals surface area contributed by atoms with E-state index in [0.29, 0.717) is 29.6 Å². The minimum Gasteiger partial charge on any atom is -0.493 e. The average Bonchev–Trinajstić information content (AvgIpc) is 3.10. The zero-order valence-electron chi connectivity index (χ0n) is 13.9. The number of carbonyl (C=O) groups excluding carboxylic acids is 2. The molecule has 1 aliphatic heterocycles. The first kappa shape index (κ1) is 20.1. The van der Waals surface area contributed by atoms with Gasteiger partial charge in [0.2, 0.25) is 0 Å². The molecule has 1 aromatic carbocycles. The quantitative estimate of drug-likeness (QED) is 0.669. The topological polar surface area (TPSA) is 88.7 Å². The summed E-state index contributed by atoms with van der Waals surface area (Å²) in [6, 6.07) is 5.23. The van der Waals surface area contributed by atoms with Crippen LogP contribution in [-0.2, 0) is 4.79 Å². The van der Waals surface area contributed by atoms with Crippen molar-refractivity contribution in [3.8, 4) is 11.5 Å². The van der Waals surface area contributed by atoms with Crippen LogP contribution < -0.4 is 25.4 Å². The van der Waals surface area contributed by atoms with Gasteiger partial charge in [-0.1, -0.05) is 0 Å². The van der Waals surface area contributed by atoms with Crippen molar-refractivity contribution in [2.24, 2.45) is 0 Å². The molecule has 0 aromatic heterocycles. The van der Waals surface area contributed by atoms with Gasteiger partial charge in [-0.25, -0.2) is 0 Å². The molecule has 3 N–H and O–H groups in total. The molecule has 1 unspecified atom stereocenters. The van der Waals surface area contributed by atoms with Crippen molar-refractivity contribution in [2.45, 2.75) is 18.9 Å². The van der Waals surface area contributed by atoms with Crippen LogP contribution in [0.25, 0.3) is 0 Å². The predicted molar refractivity (Wildman–Crippen MR) is 93.2 cm³/mol. The van der Waals surface area contributed by atoms with Crippen LogP contribution in [0.15, 0.2) is 18.2 Å². The van der Waals surface area contributed by atoms with Crippen LogP contribution >= 0.6 is 12.4 Å². The lowest BCUT2D eigenvalue weighted by molar-refractivity contribution is -0.122. The van der Waals surface area contributed by atoms with Gasteiger partial charge in [0.15, 0.2) is 18.1 Å². The predicted octanol–water partition coefficient (Wildman–Crippen LogP) is 0.724. The highest BCUT2D eigenvalue weighted by atomic mass is 35.5. The number of ether oxygens (including phenoxy) is 2. The van der Waals surface area contributed by atoms with E-state index in [9.17, 15) is 9.59 Å². The Bertz CT molecular complexity index is 562. The summed E-state index contributed by atoms with van der Waals surface area (Å²) in [6.07, 6.45) is 2.22. The number of halogens is 1. The molecule has 0 aliphatic carbocycles. The van der Waals surface area contributed by atoms with Crippen molar-refractivity contribution >= 4 is 24.2 Å². The maximum Gasteiger partial charge on any atom is 0.257 e. The number of carbonyl (C=O) groups is 2. The number of hydrogen-bond donors (Lipinski definition) is 3. The summed E-state index contributed by atoms with van der Waals surface area (Å²) >= 11 is 0. The van der Waals surface area contributed by atoms with Gasteiger partial charge in [0.25, 0.3) is 11.8 Å². The Morgan fingerprint density at radius 2 is 2.12 bits per heavy atom. The lowest BCUT2D eigenvalue weighted by Crippen LogP contribution is -2.37. The lowest BCUT2D eigenvalue weighted by atomic mass is 10.1. The van der Waals surface area contributed by atoms with Crippen LogP contribution in [0.3, 0.4) is 0 Å². The minimum atomic E-state index is -0.238. The van der Waals surface area contributed by atoms with Gasteiger partial charge in [-0.15, -0.1) is 12.4 Å². The summed E-state index contributed by atoms with van der Waals surface area (Å²) < 4.78 is 10.6. The molecule has 134 valence electrons. The van der Waals surface area contributed by atoms with Crippen LogP contribution in [0.1, 0.15) is 23.2 Å². The molecule has 1 aliphatic rings. The third kappa shape index (κ3) is 5.58. The summed E-state index contributed by atoms with van der Waals surface area (Å²) in [5.41, 5.74) is 0.493. The number of likely N-dealkylation sites (N-methyl/N-ethyl adjacent to an activating group) is 1. The summed E-state index contributed by atoms with van der Waals surface area (Å²) in [4.78, 5) is 23.4. The number of amides is 2. The first-order chi connectivity index (χ1) is 11.1. The fraction of sp³-hybridized carbons (Fsp3) is 0.500. The van der Waals surface area contributed by atoms with Crippen LogP contribution in [0.2, 0.25) is 0 Å². The van der Waals surface area contributed by atoms with Gasteiger partial charge in [-0.05, 0) is 37.6 Å². The smallest absolute Gasteiger partial charge is 0.257 e. The Kier molecular flexibility index (Phi) is 8.35. The molecule has 0 radical (unpaired) electrons. The number of benzene rings is 1. The molecular weight excluding hydrogens is 334 g/mol. The van der Waals surface area contributed by atoms with E-state index < -0.39 is 0 Å². The molecule has 1 heterocycles. The standard InChI is InChI=1S/C16H23N3O4.ClH/c1-17-15(20)10-23-13-6-5-11(8-14(13)22-2)16(21)19-9-12-4-3-7-18-12;/h5-6,8,12,18H,3-4,7,9-10H2,1-2H3,(H,17,20)(H,19,21);1H. The molecule has 8 heteroatoms. The van der Waals surface area contributed by atoms with E-state index in [1.807, 2.05) is 0 Å². The van der Waals surface area contributed by atoms with Crippen molar-refractivity contribution in [1.82, 2.24) is 16.0 Å². The fourth-order valence-corrected chi connectivity index (χ4v) is 2.39. The van der Waals surface area contributed by atoms with Crippen LogP contribution in [0.4, 0.5) is 0 Å². The van der Waals surface area contributed by atoms with Gasteiger partial charge in [-0.3, -0.25) is 9.59 Å². The Hall–Kier alpha value is -1.99.